The topological polar surface area (TPSA) is 93.4 Å². The van der Waals surface area contributed by atoms with Crippen molar-refractivity contribution in [1.29, 1.82) is 5.26 Å². The van der Waals surface area contributed by atoms with Crippen molar-refractivity contribution >= 4 is 23.3 Å². The summed E-state index contributed by atoms with van der Waals surface area (Å²) in [4.78, 5) is 25.6. The van der Waals surface area contributed by atoms with Crippen molar-refractivity contribution in [1.82, 2.24) is 0 Å². The molecule has 2 unspecified atom stereocenters. The summed E-state index contributed by atoms with van der Waals surface area (Å²) in [6.07, 6.45) is 0.729. The monoisotopic (exact) mass is 439 g/mol. The first-order valence-electron chi connectivity index (χ1n) is 10.8. The van der Waals surface area contributed by atoms with E-state index in [-0.39, 0.29) is 23.6 Å². The number of hydrogen-bond acceptors (Lipinski definition) is 4. The molecule has 0 bridgehead atoms. The maximum absolute atomic E-state index is 12.4. The number of carboxylic acids is 1. The van der Waals surface area contributed by atoms with Crippen LogP contribution in [0.2, 0.25) is 0 Å². The number of rotatable bonds is 4. The van der Waals surface area contributed by atoms with Crippen LogP contribution in [0.4, 0.5) is 11.4 Å². The lowest BCUT2D eigenvalue weighted by Crippen LogP contribution is -2.43. The lowest BCUT2D eigenvalue weighted by molar-refractivity contribution is -0.117. The maximum atomic E-state index is 12.4. The quantitative estimate of drug-likeness (QED) is 0.557. The molecule has 33 heavy (non-hydrogen) atoms. The summed E-state index contributed by atoms with van der Waals surface area (Å²) >= 11 is 0. The molecule has 2 N–H and O–H groups in total. The van der Waals surface area contributed by atoms with Crippen LogP contribution in [0.5, 0.6) is 0 Å². The van der Waals surface area contributed by atoms with Crippen molar-refractivity contribution in [3.8, 4) is 17.2 Å². The van der Waals surface area contributed by atoms with Crippen molar-refractivity contribution in [3.63, 3.8) is 0 Å². The fraction of sp³-hybridized carbons (Fsp3) is 0.222. The number of aromatic carboxylic acids is 1. The van der Waals surface area contributed by atoms with Crippen LogP contribution < -0.4 is 10.2 Å². The van der Waals surface area contributed by atoms with Gasteiger partial charge in [0.05, 0.1) is 23.2 Å². The van der Waals surface area contributed by atoms with Gasteiger partial charge in [0.2, 0.25) is 5.91 Å². The van der Waals surface area contributed by atoms with Crippen LogP contribution in [-0.4, -0.2) is 23.0 Å². The molecular weight excluding hydrogens is 414 g/mol. The van der Waals surface area contributed by atoms with Gasteiger partial charge in [0, 0.05) is 24.3 Å². The predicted octanol–water partition coefficient (Wildman–Crippen LogP) is 5.53. The van der Waals surface area contributed by atoms with E-state index in [0.717, 1.165) is 34.5 Å². The van der Waals surface area contributed by atoms with Gasteiger partial charge in [-0.3, -0.25) is 4.79 Å². The highest BCUT2D eigenvalue weighted by molar-refractivity contribution is 5.94. The number of nitrogens with zero attached hydrogens (tertiary/aromatic N) is 2. The van der Waals surface area contributed by atoms with Gasteiger partial charge < -0.3 is 15.3 Å². The van der Waals surface area contributed by atoms with Crippen molar-refractivity contribution in [2.75, 3.05) is 10.2 Å². The highest BCUT2D eigenvalue weighted by atomic mass is 16.4. The van der Waals surface area contributed by atoms with E-state index in [0.29, 0.717) is 11.1 Å². The minimum absolute atomic E-state index is 0.00465. The second-order valence-corrected chi connectivity index (χ2v) is 8.47. The number of nitrogens with one attached hydrogen (secondary N) is 1. The third kappa shape index (κ3) is 4.31. The Bertz CT molecular complexity index is 1270. The molecule has 0 aliphatic carbocycles. The molecule has 1 aliphatic heterocycles. The van der Waals surface area contributed by atoms with Gasteiger partial charge in [-0.25, -0.2) is 4.79 Å². The average Bonchev–Trinajstić information content (AvgIpc) is 2.78. The summed E-state index contributed by atoms with van der Waals surface area (Å²) in [5.74, 6) is -0.947. The van der Waals surface area contributed by atoms with Gasteiger partial charge in [0.15, 0.2) is 0 Å². The smallest absolute Gasteiger partial charge is 0.335 e. The Labute approximate surface area is 193 Å². The van der Waals surface area contributed by atoms with Gasteiger partial charge in [-0.15, -0.1) is 0 Å². The van der Waals surface area contributed by atoms with Gasteiger partial charge in [-0.05, 0) is 85.0 Å². The highest BCUT2D eigenvalue weighted by Crippen LogP contribution is 2.41. The molecule has 166 valence electrons. The van der Waals surface area contributed by atoms with Crippen molar-refractivity contribution in [3.05, 3.63) is 82.9 Å². The Morgan fingerprint density at radius 1 is 1.06 bits per heavy atom. The molecule has 2 atom stereocenters. The van der Waals surface area contributed by atoms with Crippen LogP contribution in [0.3, 0.4) is 0 Å². The normalized spacial score (nSPS) is 17.1. The minimum atomic E-state index is -0.942. The van der Waals surface area contributed by atoms with Crippen LogP contribution in [-0.2, 0) is 4.79 Å². The number of anilines is 2. The molecular formula is C27H25N3O3. The standard InChI is InChI=1S/C27H25N3O3/c1-16-12-20(6-10-23(16)27(32)33)21-7-11-26-24(14-21)25(13-17(2)30(26)18(3)31)29-22-8-4-19(15-28)5-9-22/h4-12,14,17,25,29H,13H2,1-3H3,(H,32,33). The summed E-state index contributed by atoms with van der Waals surface area (Å²) in [5.41, 5.74) is 6.24. The number of benzene rings is 3. The number of hydrogen-bond donors (Lipinski definition) is 2. The van der Waals surface area contributed by atoms with E-state index in [9.17, 15) is 14.7 Å². The van der Waals surface area contributed by atoms with Gasteiger partial charge in [-0.2, -0.15) is 5.26 Å². The molecule has 0 radical (unpaired) electrons. The van der Waals surface area contributed by atoms with E-state index in [1.54, 1.807) is 32.0 Å². The van der Waals surface area contributed by atoms with Crippen LogP contribution in [0.1, 0.15) is 53.4 Å². The lowest BCUT2D eigenvalue weighted by atomic mass is 9.88. The van der Waals surface area contributed by atoms with Gasteiger partial charge in [0.1, 0.15) is 0 Å². The van der Waals surface area contributed by atoms with E-state index in [1.807, 2.05) is 48.2 Å². The molecule has 0 spiro atoms. The molecule has 1 amide bonds. The molecule has 3 aromatic carbocycles. The SMILES string of the molecule is CC(=O)N1c2ccc(-c3ccc(C(=O)O)c(C)c3)cc2C(Nc2ccc(C#N)cc2)CC1C. The predicted molar refractivity (Wildman–Crippen MR) is 128 cm³/mol. The third-order valence-electron chi connectivity index (χ3n) is 6.16. The second-order valence-electron chi connectivity index (χ2n) is 8.47. The van der Waals surface area contributed by atoms with Crippen LogP contribution in [0.25, 0.3) is 11.1 Å². The molecule has 0 saturated heterocycles. The molecule has 0 saturated carbocycles. The lowest BCUT2D eigenvalue weighted by Gasteiger charge is -2.39. The molecule has 1 aliphatic rings. The molecule has 4 rings (SSSR count). The molecule has 0 aromatic heterocycles. The maximum Gasteiger partial charge on any atom is 0.335 e. The number of carbonyl (C=O) groups is 2. The van der Waals surface area contributed by atoms with Crippen molar-refractivity contribution < 1.29 is 14.7 Å². The zero-order chi connectivity index (χ0) is 23.7. The van der Waals surface area contributed by atoms with E-state index >= 15 is 0 Å². The van der Waals surface area contributed by atoms with E-state index < -0.39 is 5.97 Å². The Hall–Kier alpha value is -4.11. The number of aryl methyl sites for hydroxylation is 1. The molecule has 6 nitrogen and oxygen atoms in total. The summed E-state index contributed by atoms with van der Waals surface area (Å²) < 4.78 is 0. The van der Waals surface area contributed by atoms with E-state index in [2.05, 4.69) is 17.5 Å². The number of fused-ring (bicyclic) bond motifs is 1. The fourth-order valence-electron chi connectivity index (χ4n) is 4.59. The van der Waals surface area contributed by atoms with E-state index in [4.69, 9.17) is 5.26 Å². The zero-order valence-electron chi connectivity index (χ0n) is 18.8. The zero-order valence-corrected chi connectivity index (χ0v) is 18.8. The summed E-state index contributed by atoms with van der Waals surface area (Å²) in [6.45, 7) is 5.41. The molecule has 6 heteroatoms. The van der Waals surface area contributed by atoms with E-state index in [1.165, 1.54) is 0 Å². The van der Waals surface area contributed by atoms with Crippen molar-refractivity contribution in [2.24, 2.45) is 0 Å². The second kappa shape index (κ2) is 8.79. The van der Waals surface area contributed by atoms with Crippen LogP contribution in [0.15, 0.2) is 60.7 Å². The molecule has 3 aromatic rings. The van der Waals surface area contributed by atoms with Gasteiger partial charge >= 0.3 is 5.97 Å². The van der Waals surface area contributed by atoms with Crippen LogP contribution in [0, 0.1) is 18.3 Å². The Balaban J connectivity index is 1.76. The first kappa shape index (κ1) is 22.1. The average molecular weight is 440 g/mol. The Morgan fingerprint density at radius 3 is 2.33 bits per heavy atom. The first-order chi connectivity index (χ1) is 15.8. The first-order valence-corrected chi connectivity index (χ1v) is 10.8. The number of nitriles is 1. The number of carboxylic acid groups (broad SMARTS) is 1. The van der Waals surface area contributed by atoms with Gasteiger partial charge in [0.25, 0.3) is 0 Å². The Morgan fingerprint density at radius 2 is 1.73 bits per heavy atom. The van der Waals surface area contributed by atoms with Crippen LogP contribution >= 0.6 is 0 Å². The third-order valence-corrected chi connectivity index (χ3v) is 6.16. The van der Waals surface area contributed by atoms with Crippen molar-refractivity contribution in [2.45, 2.75) is 39.3 Å². The summed E-state index contributed by atoms with van der Waals surface area (Å²) in [5, 5.41) is 22.0. The summed E-state index contributed by atoms with van der Waals surface area (Å²) in [7, 11) is 0. The highest BCUT2D eigenvalue weighted by Gasteiger charge is 2.32. The number of carbonyl (C=O) groups excluding carboxylic acids is 1. The fourth-order valence-corrected chi connectivity index (χ4v) is 4.59. The molecule has 1 heterocycles. The number of amides is 1. The summed E-state index contributed by atoms with van der Waals surface area (Å²) in [6, 6.07) is 20.8. The largest absolute Gasteiger partial charge is 0.478 e. The molecule has 0 fully saturated rings. The van der Waals surface area contributed by atoms with Gasteiger partial charge in [-0.1, -0.05) is 18.2 Å². The minimum Gasteiger partial charge on any atom is -0.478 e. The Kier molecular flexibility index (Phi) is 5.89.